The van der Waals surface area contributed by atoms with Gasteiger partial charge in [0.05, 0.1) is 39.9 Å². The molecule has 3 aromatic heterocycles. The smallest absolute Gasteiger partial charge is 0.264 e. The molecule has 0 atom stereocenters. The summed E-state index contributed by atoms with van der Waals surface area (Å²) in [7, 11) is -6.81. The number of hydrogen-bond donors (Lipinski definition) is 3. The zero-order chi connectivity index (χ0) is 37.2. The molecule has 51 heavy (non-hydrogen) atoms. The summed E-state index contributed by atoms with van der Waals surface area (Å²) in [6, 6.07) is 11.9. The topological polar surface area (TPSA) is 211 Å². The molecule has 5 aromatic rings. The van der Waals surface area contributed by atoms with Crippen LogP contribution in [0.5, 0.6) is 17.6 Å². The van der Waals surface area contributed by atoms with E-state index >= 15 is 0 Å². The Morgan fingerprint density at radius 1 is 0.804 bits per heavy atom. The fraction of sp³-hybridized carbons (Fsp3) is 0.133. The molecule has 15 nitrogen and oxygen atoms in total. The fourth-order valence-electron chi connectivity index (χ4n) is 3.75. The molecular formula is C30H25Cl4N7O8S2. The van der Waals surface area contributed by atoms with Gasteiger partial charge in [-0.3, -0.25) is 9.44 Å². The van der Waals surface area contributed by atoms with E-state index in [4.69, 9.17) is 77.2 Å². The number of aromatic nitrogens is 4. The van der Waals surface area contributed by atoms with Crippen molar-refractivity contribution in [2.75, 3.05) is 23.2 Å². The number of halogens is 4. The van der Waals surface area contributed by atoms with Gasteiger partial charge in [-0.1, -0.05) is 64.5 Å². The second-order valence-corrected chi connectivity index (χ2v) is 14.3. The van der Waals surface area contributed by atoms with Crippen molar-refractivity contribution in [1.82, 2.24) is 19.9 Å². The number of nitrogens with zero attached hydrogens (tertiary/aromatic N) is 4. The molecule has 0 aliphatic heterocycles. The summed E-state index contributed by atoms with van der Waals surface area (Å²) in [5, 5.41) is 0.0230. The highest BCUT2D eigenvalue weighted by Crippen LogP contribution is 2.33. The van der Waals surface area contributed by atoms with Crippen LogP contribution in [0.4, 0.5) is 11.6 Å². The van der Waals surface area contributed by atoms with Crippen LogP contribution in [-0.4, -0.2) is 50.5 Å². The lowest BCUT2D eigenvalue weighted by Gasteiger charge is -2.12. The number of ether oxygens (including phenoxy) is 3. The molecular weight excluding hydrogens is 792 g/mol. The van der Waals surface area contributed by atoms with Crippen LogP contribution in [0, 0.1) is 12.3 Å². The van der Waals surface area contributed by atoms with E-state index in [1.165, 1.54) is 62.1 Å². The van der Waals surface area contributed by atoms with Crippen molar-refractivity contribution in [1.29, 1.82) is 0 Å². The first-order valence-corrected chi connectivity index (χ1v) is 18.4. The van der Waals surface area contributed by atoms with Crippen molar-refractivity contribution in [2.45, 2.75) is 22.9 Å². The first-order chi connectivity index (χ1) is 24.3. The summed E-state index contributed by atoms with van der Waals surface area (Å²) in [6.07, 6.45) is 8.98. The summed E-state index contributed by atoms with van der Waals surface area (Å²) in [6.45, 7) is 0.267. The quantitative estimate of drug-likeness (QED) is 0.120. The number of nitrogens with two attached hydrogens (primary N) is 1. The van der Waals surface area contributed by atoms with Crippen LogP contribution in [0.15, 0.2) is 81.3 Å². The van der Waals surface area contributed by atoms with Crippen LogP contribution in [-0.2, 0) is 33.2 Å². The average molecular weight is 818 g/mol. The minimum Gasteiger partial charge on any atom is -0.478 e. The molecule has 0 spiro atoms. The van der Waals surface area contributed by atoms with Gasteiger partial charge in [0.25, 0.3) is 31.8 Å². The maximum absolute atomic E-state index is 12.6. The van der Waals surface area contributed by atoms with E-state index in [1.54, 1.807) is 12.1 Å². The first kappa shape index (κ1) is 39.2. The van der Waals surface area contributed by atoms with Gasteiger partial charge in [0.2, 0.25) is 17.5 Å². The molecule has 3 heterocycles. The lowest BCUT2D eigenvalue weighted by atomic mass is 10.4. The molecule has 4 N–H and O–H groups in total. The molecule has 0 bridgehead atoms. The van der Waals surface area contributed by atoms with Crippen LogP contribution >= 0.6 is 46.4 Å². The Morgan fingerprint density at radius 2 is 1.37 bits per heavy atom. The van der Waals surface area contributed by atoms with E-state index in [0.29, 0.717) is 11.5 Å². The van der Waals surface area contributed by atoms with Gasteiger partial charge in [0.15, 0.2) is 6.61 Å². The molecule has 268 valence electrons. The maximum atomic E-state index is 12.6. The summed E-state index contributed by atoms with van der Waals surface area (Å²) in [5.74, 6) is 3.12. The van der Waals surface area contributed by atoms with Crippen LogP contribution in [0.2, 0.25) is 20.1 Å². The Morgan fingerprint density at radius 3 is 1.92 bits per heavy atom. The standard InChI is InChI=1S/C16H14Cl2N4O4S.C14H11Cl2N3O4S/c17-12-2-1-3-13(14(12)18)27(23,24)22-15-16(21-7-6-20-15)25-9-11-5-4-10(8-19)26-11;1-3-7-23-11-8-17-13(14(18-11)22-2)19-24(20,21)10-6-4-5-9(15)12(10)16/h1-7H,8-9,19H2,(H,20,22);1,4-6,8H,7H2,2H3,(H,17,19). The highest BCUT2D eigenvalue weighted by molar-refractivity contribution is 7.93. The van der Waals surface area contributed by atoms with Gasteiger partial charge in [-0.2, -0.15) is 4.98 Å². The third-order valence-electron chi connectivity index (χ3n) is 6.02. The number of methoxy groups -OCH3 is 1. The van der Waals surface area contributed by atoms with E-state index < -0.39 is 20.0 Å². The Labute approximate surface area is 312 Å². The zero-order valence-corrected chi connectivity index (χ0v) is 30.7. The summed E-state index contributed by atoms with van der Waals surface area (Å²) < 4.78 is 75.8. The Balaban J connectivity index is 0.000000230. The van der Waals surface area contributed by atoms with Crippen molar-refractivity contribution in [3.8, 4) is 30.0 Å². The average Bonchev–Trinajstić information content (AvgIpc) is 3.58. The first-order valence-electron chi connectivity index (χ1n) is 13.9. The molecule has 5 rings (SSSR count). The second kappa shape index (κ2) is 17.6. The Kier molecular flexibility index (Phi) is 13.5. The van der Waals surface area contributed by atoms with Gasteiger partial charge >= 0.3 is 0 Å². The largest absolute Gasteiger partial charge is 0.478 e. The number of hydrogen-bond acceptors (Lipinski definition) is 13. The van der Waals surface area contributed by atoms with Gasteiger partial charge in [0, 0.05) is 12.4 Å². The third-order valence-corrected chi connectivity index (χ3v) is 10.6. The molecule has 0 saturated heterocycles. The number of nitrogens with one attached hydrogen (secondary N) is 2. The SMILES string of the molecule is C#CCOc1cnc(NS(=O)(=O)c2cccc(Cl)c2Cl)c(OC)n1.NCc1ccc(COc2nccnc2NS(=O)(=O)c2cccc(Cl)c2Cl)o1. The Bertz CT molecular complexity index is 2270. The number of benzene rings is 2. The third kappa shape index (κ3) is 10.3. The van der Waals surface area contributed by atoms with Crippen LogP contribution in [0.25, 0.3) is 0 Å². The molecule has 0 amide bonds. The van der Waals surface area contributed by atoms with Gasteiger partial charge in [-0.15, -0.1) is 6.42 Å². The number of furan rings is 1. The summed E-state index contributed by atoms with van der Waals surface area (Å²) in [4.78, 5) is 15.5. The van der Waals surface area contributed by atoms with Crippen molar-refractivity contribution in [3.63, 3.8) is 0 Å². The monoisotopic (exact) mass is 815 g/mol. The van der Waals surface area contributed by atoms with Crippen molar-refractivity contribution in [2.24, 2.45) is 5.73 Å². The number of sulfonamides is 2. The normalized spacial score (nSPS) is 11.1. The van der Waals surface area contributed by atoms with E-state index in [2.05, 4.69) is 35.3 Å². The fourth-order valence-corrected chi connectivity index (χ4v) is 7.29. The van der Waals surface area contributed by atoms with Gasteiger partial charge in [0.1, 0.15) is 27.9 Å². The van der Waals surface area contributed by atoms with Crippen molar-refractivity contribution < 1.29 is 35.5 Å². The summed E-state index contributed by atoms with van der Waals surface area (Å²) >= 11 is 23.7. The van der Waals surface area contributed by atoms with Crippen molar-refractivity contribution in [3.05, 3.63) is 98.7 Å². The van der Waals surface area contributed by atoms with E-state index in [0.717, 1.165) is 0 Å². The van der Waals surface area contributed by atoms with Crippen LogP contribution in [0.1, 0.15) is 11.5 Å². The molecule has 0 fully saturated rings. The lowest BCUT2D eigenvalue weighted by Crippen LogP contribution is -2.16. The molecule has 0 unspecified atom stereocenters. The highest BCUT2D eigenvalue weighted by atomic mass is 35.5. The van der Waals surface area contributed by atoms with E-state index in [-0.39, 0.29) is 78.9 Å². The summed E-state index contributed by atoms with van der Waals surface area (Å²) in [5.41, 5.74) is 5.49. The molecule has 21 heteroatoms. The predicted octanol–water partition coefficient (Wildman–Crippen LogP) is 5.82. The minimum atomic E-state index is -4.06. The zero-order valence-electron chi connectivity index (χ0n) is 26.0. The van der Waals surface area contributed by atoms with Crippen molar-refractivity contribution >= 4 is 78.1 Å². The predicted molar refractivity (Wildman–Crippen MR) is 190 cm³/mol. The van der Waals surface area contributed by atoms with E-state index in [9.17, 15) is 16.8 Å². The number of rotatable bonds is 13. The van der Waals surface area contributed by atoms with Gasteiger partial charge in [-0.25, -0.2) is 31.8 Å². The minimum absolute atomic E-state index is 0.0129. The lowest BCUT2D eigenvalue weighted by molar-refractivity contribution is 0.257. The van der Waals surface area contributed by atoms with Gasteiger partial charge < -0.3 is 24.4 Å². The number of terminal acetylenes is 1. The second-order valence-electron chi connectivity index (χ2n) is 9.44. The molecule has 0 saturated carbocycles. The number of anilines is 2. The molecule has 2 aromatic carbocycles. The highest BCUT2D eigenvalue weighted by Gasteiger charge is 2.24. The van der Waals surface area contributed by atoms with E-state index in [1.807, 2.05) is 0 Å². The molecule has 0 aliphatic rings. The maximum Gasteiger partial charge on any atom is 0.264 e. The van der Waals surface area contributed by atoms with Gasteiger partial charge in [-0.05, 0) is 36.4 Å². The Hall–Kier alpha value is -4.54. The van der Waals surface area contributed by atoms with Crippen LogP contribution in [0.3, 0.4) is 0 Å². The van der Waals surface area contributed by atoms with Crippen LogP contribution < -0.4 is 29.4 Å². The molecule has 0 radical (unpaired) electrons. The molecule has 0 aliphatic carbocycles.